The highest BCUT2D eigenvalue weighted by Crippen LogP contribution is 2.50. The van der Waals surface area contributed by atoms with Gasteiger partial charge in [-0.1, -0.05) is 5.11 Å². The van der Waals surface area contributed by atoms with E-state index in [4.69, 9.17) is 46.0 Å². The number of ether oxygens (including phenoxy) is 3. The predicted octanol–water partition coefficient (Wildman–Crippen LogP) is -1.27. The Bertz CT molecular complexity index is 1960. The minimum absolute atomic E-state index is 0.0179. The van der Waals surface area contributed by atoms with Gasteiger partial charge in [0.25, 0.3) is 0 Å². The van der Waals surface area contributed by atoms with Crippen molar-refractivity contribution in [2.45, 2.75) is 68.3 Å². The first-order valence-electron chi connectivity index (χ1n) is 15.2. The second kappa shape index (κ2) is 16.3. The van der Waals surface area contributed by atoms with Crippen molar-refractivity contribution >= 4 is 44.4 Å². The molecule has 9 atom stereocenters. The van der Waals surface area contributed by atoms with Gasteiger partial charge in [0.15, 0.2) is 23.8 Å². The van der Waals surface area contributed by atoms with Crippen molar-refractivity contribution < 1.29 is 61.5 Å². The highest BCUT2D eigenvalue weighted by molar-refractivity contribution is 7.47. The lowest BCUT2D eigenvalue weighted by Gasteiger charge is -2.24. The maximum Gasteiger partial charge on any atom is 0.472 e. The van der Waals surface area contributed by atoms with Gasteiger partial charge in [0.2, 0.25) is 0 Å². The Morgan fingerprint density at radius 2 is 1.88 bits per heavy atom. The molecule has 5 rings (SSSR count). The number of hydrogen-bond donors (Lipinski definition) is 7. The van der Waals surface area contributed by atoms with Gasteiger partial charge in [-0.05, 0) is 24.4 Å². The molecule has 0 aromatic carbocycles. The Labute approximate surface area is 291 Å². The second-order valence-corrected chi connectivity index (χ2v) is 14.0. The number of azide groups is 1. The Hall–Kier alpha value is -4.13. The van der Waals surface area contributed by atoms with Crippen molar-refractivity contribution in [3.63, 3.8) is 0 Å². The van der Waals surface area contributed by atoms with E-state index in [1.807, 2.05) is 0 Å². The van der Waals surface area contributed by atoms with Crippen LogP contribution in [0.1, 0.15) is 31.7 Å². The number of hydrogen-bond acceptors (Lipinski definition) is 19. The molecule has 0 bridgehead atoms. The van der Waals surface area contributed by atoms with E-state index in [-0.39, 0.29) is 48.6 Å². The Kier molecular flexibility index (Phi) is 12.2. The molecule has 2 aliphatic rings. The maximum atomic E-state index is 13.3. The first kappa shape index (κ1) is 39.1. The summed E-state index contributed by atoms with van der Waals surface area (Å²) in [7, 11) is -10.2. The monoisotopic (exact) mass is 776 g/mol. The number of aliphatic hydroxyl groups is 1. The summed E-state index contributed by atoms with van der Waals surface area (Å²) in [6, 6.07) is 0.0548. The van der Waals surface area contributed by atoms with Crippen LogP contribution in [0.15, 0.2) is 34.8 Å². The topological polar surface area (TPSA) is 393 Å². The number of nitrogen functional groups attached to an aromatic ring is 2. The van der Waals surface area contributed by atoms with Gasteiger partial charge in [0, 0.05) is 24.1 Å². The molecule has 5 heterocycles. The average molecular weight is 777 g/mol. The molecule has 2 fully saturated rings. The van der Waals surface area contributed by atoms with Crippen molar-refractivity contribution in [2.24, 2.45) is 10.8 Å². The van der Waals surface area contributed by atoms with E-state index in [0.717, 1.165) is 10.9 Å². The number of phosphoric ester groups is 2. The highest BCUT2D eigenvalue weighted by Gasteiger charge is 2.50. The number of imidazole rings is 1. The van der Waals surface area contributed by atoms with Crippen LogP contribution in [-0.4, -0.2) is 111 Å². The smallest absolute Gasteiger partial charge is 0.455 e. The van der Waals surface area contributed by atoms with Crippen LogP contribution < -0.4 is 22.9 Å². The quantitative estimate of drug-likeness (QED) is 0.0223. The number of anilines is 2. The SMILES string of the molecule is [N-]=[N+]=NCCC[C@H](N)C(=O)O[C@H]1[C@@H](O)[C@H](n2cnc3c(N)ncnc32)O[C@@H]1COP(=O)(O)O[C@H]1C[C@H](n2ccc(N)nc2=O)O[C@@H]1COP(=O)(O)O. The Balaban J connectivity index is 1.33. The molecular weight excluding hydrogens is 742 g/mol. The number of aromatic nitrogens is 6. The molecule has 0 radical (unpaired) electrons. The molecule has 0 saturated carbocycles. The van der Waals surface area contributed by atoms with Crippen molar-refractivity contribution in [3.05, 3.63) is 45.8 Å². The van der Waals surface area contributed by atoms with E-state index < -0.39 is 89.5 Å². The molecule has 52 heavy (non-hydrogen) atoms. The number of carbonyl (C=O) groups is 1. The van der Waals surface area contributed by atoms with Crippen LogP contribution >= 0.6 is 15.6 Å². The van der Waals surface area contributed by atoms with Gasteiger partial charge in [-0.2, -0.15) is 4.98 Å². The lowest BCUT2D eigenvalue weighted by Crippen LogP contribution is -2.43. The lowest BCUT2D eigenvalue weighted by molar-refractivity contribution is -0.158. The molecule has 284 valence electrons. The molecule has 0 amide bonds. The van der Waals surface area contributed by atoms with Gasteiger partial charge in [-0.15, -0.1) is 0 Å². The third kappa shape index (κ3) is 9.45. The second-order valence-electron chi connectivity index (χ2n) is 11.3. The predicted molar refractivity (Wildman–Crippen MR) is 171 cm³/mol. The van der Waals surface area contributed by atoms with Crippen molar-refractivity contribution in [1.29, 1.82) is 0 Å². The summed E-state index contributed by atoms with van der Waals surface area (Å²) in [5, 5.41) is 14.7. The van der Waals surface area contributed by atoms with Crippen molar-refractivity contribution in [3.8, 4) is 0 Å². The summed E-state index contributed by atoms with van der Waals surface area (Å²) in [6.45, 7) is -1.63. The minimum Gasteiger partial charge on any atom is -0.455 e. The summed E-state index contributed by atoms with van der Waals surface area (Å²) in [5.41, 5.74) is 25.2. The number of phosphoric acid groups is 2. The fourth-order valence-electron chi connectivity index (χ4n) is 5.37. The van der Waals surface area contributed by atoms with Gasteiger partial charge in [0.05, 0.1) is 19.5 Å². The van der Waals surface area contributed by atoms with Crippen molar-refractivity contribution in [1.82, 2.24) is 29.1 Å². The molecule has 1 unspecified atom stereocenters. The molecule has 10 N–H and O–H groups in total. The van der Waals surface area contributed by atoms with Gasteiger partial charge in [0.1, 0.15) is 54.3 Å². The minimum atomic E-state index is -5.16. The summed E-state index contributed by atoms with van der Waals surface area (Å²) in [6.07, 6.45) is -6.58. The van der Waals surface area contributed by atoms with Gasteiger partial charge < -0.3 is 51.2 Å². The molecule has 0 spiro atoms. The van der Waals surface area contributed by atoms with Crippen LogP contribution in [0.3, 0.4) is 0 Å². The van der Waals surface area contributed by atoms with Crippen LogP contribution in [-0.2, 0) is 41.7 Å². The number of carbonyl (C=O) groups excluding carboxylic acids is 1. The fraction of sp³-hybridized carbons (Fsp3) is 0.583. The Morgan fingerprint density at radius 1 is 1.13 bits per heavy atom. The molecule has 26 nitrogen and oxygen atoms in total. The number of nitrogens with zero attached hydrogens (tertiary/aromatic N) is 9. The normalized spacial score (nSPS) is 26.5. The molecule has 3 aromatic heterocycles. The number of rotatable bonds is 16. The summed E-state index contributed by atoms with van der Waals surface area (Å²) < 4.78 is 59.0. The molecular formula is C24H34N12O14P2. The van der Waals surface area contributed by atoms with E-state index in [0.29, 0.717) is 0 Å². The van der Waals surface area contributed by atoms with E-state index in [2.05, 4.69) is 34.5 Å². The zero-order chi connectivity index (χ0) is 37.8. The highest BCUT2D eigenvalue weighted by atomic mass is 31.2. The number of fused-ring (bicyclic) bond motifs is 1. The molecule has 2 saturated heterocycles. The largest absolute Gasteiger partial charge is 0.472 e. The Morgan fingerprint density at radius 3 is 2.60 bits per heavy atom. The average Bonchev–Trinajstić information content (AvgIpc) is 3.76. The van der Waals surface area contributed by atoms with Crippen LogP contribution in [0.4, 0.5) is 11.6 Å². The summed E-state index contributed by atoms with van der Waals surface area (Å²) in [4.78, 5) is 72.8. The molecule has 2 aliphatic heterocycles. The van der Waals surface area contributed by atoms with Crippen LogP contribution in [0.25, 0.3) is 21.6 Å². The number of esters is 1. The lowest BCUT2D eigenvalue weighted by atomic mass is 10.1. The maximum absolute atomic E-state index is 13.3. The van der Waals surface area contributed by atoms with E-state index >= 15 is 0 Å². The van der Waals surface area contributed by atoms with Gasteiger partial charge in [-0.3, -0.25) is 27.5 Å². The third-order valence-electron chi connectivity index (χ3n) is 7.78. The van der Waals surface area contributed by atoms with Crippen molar-refractivity contribution in [2.75, 3.05) is 31.2 Å². The molecule has 3 aromatic rings. The van der Waals surface area contributed by atoms with E-state index in [1.165, 1.54) is 23.2 Å². The van der Waals surface area contributed by atoms with Crippen LogP contribution in [0.2, 0.25) is 0 Å². The standard InChI is InChI=1S/C24H34N12O14P2/c25-11(2-1-4-32-34-28)23(38)49-19-14(48-22(18(19)37)36-10-31-17-20(27)29-9-30-21(17)36)8-46-52(43,44)50-12-6-16(35-5-3-15(26)33-24(35)39)47-13(12)7-45-51(40,41)42/h3,5,9-14,16,18-19,22,37H,1-2,4,6-8,25H2,(H,43,44)(H2,26,33,39)(H2,27,29,30)(H2,40,41,42)/t11-,12-,13+,14+,16+,18+,19+,22+/m0/s1. The summed E-state index contributed by atoms with van der Waals surface area (Å²) in [5.74, 6) is -1.07. The van der Waals surface area contributed by atoms with Crippen LogP contribution in [0, 0.1) is 0 Å². The van der Waals surface area contributed by atoms with Gasteiger partial charge in [-0.25, -0.2) is 28.9 Å². The zero-order valence-electron chi connectivity index (χ0n) is 26.7. The zero-order valence-corrected chi connectivity index (χ0v) is 28.5. The summed E-state index contributed by atoms with van der Waals surface area (Å²) >= 11 is 0. The number of aliphatic hydroxyl groups excluding tert-OH is 1. The number of nitrogens with two attached hydrogens (primary N) is 3. The first-order chi connectivity index (χ1) is 24.6. The van der Waals surface area contributed by atoms with E-state index in [1.54, 1.807) is 0 Å². The van der Waals surface area contributed by atoms with E-state index in [9.17, 15) is 38.5 Å². The van der Waals surface area contributed by atoms with Crippen LogP contribution in [0.5, 0.6) is 0 Å². The molecule has 0 aliphatic carbocycles. The first-order valence-corrected chi connectivity index (χ1v) is 18.2. The third-order valence-corrected chi connectivity index (χ3v) is 9.28. The fourth-order valence-corrected chi connectivity index (χ4v) is 6.67. The van der Waals surface area contributed by atoms with Gasteiger partial charge >= 0.3 is 27.3 Å². The molecule has 28 heteroatoms.